The average molecular weight is 286 g/mol. The molecule has 0 radical (unpaired) electrons. The first kappa shape index (κ1) is 13.0. The zero-order valence-electron chi connectivity index (χ0n) is 9.33. The third-order valence-corrected chi connectivity index (χ3v) is 2.77. The molecule has 3 nitrogen and oxygen atoms in total. The number of hydrogen-bond acceptors (Lipinski definition) is 3. The molecule has 0 saturated carbocycles. The standard InChI is InChI=1S/C12H16BrNO2/c1-2-16-12(15)10-8-9(4-3-7-13)5-6-11(10)14/h5-6,8H,2-4,7,14H2,1H3. The van der Waals surface area contributed by atoms with Crippen molar-refractivity contribution >= 4 is 27.6 Å². The first-order valence-corrected chi connectivity index (χ1v) is 6.42. The maximum atomic E-state index is 11.6. The van der Waals surface area contributed by atoms with E-state index in [4.69, 9.17) is 10.5 Å². The van der Waals surface area contributed by atoms with Gasteiger partial charge in [-0.05, 0) is 37.5 Å². The normalized spacial score (nSPS) is 10.1. The summed E-state index contributed by atoms with van der Waals surface area (Å²) in [5, 5.41) is 0.951. The molecule has 0 unspecified atom stereocenters. The predicted octanol–water partition coefficient (Wildman–Crippen LogP) is 2.77. The molecule has 0 amide bonds. The summed E-state index contributed by atoms with van der Waals surface area (Å²) in [6.45, 7) is 2.15. The molecule has 0 atom stereocenters. The minimum absolute atomic E-state index is 0.347. The SMILES string of the molecule is CCOC(=O)c1cc(CCCBr)ccc1N. The van der Waals surface area contributed by atoms with Crippen LogP contribution in [0.2, 0.25) is 0 Å². The van der Waals surface area contributed by atoms with Crippen molar-refractivity contribution in [2.75, 3.05) is 17.7 Å². The van der Waals surface area contributed by atoms with Crippen LogP contribution in [-0.2, 0) is 11.2 Å². The van der Waals surface area contributed by atoms with Gasteiger partial charge < -0.3 is 10.5 Å². The third kappa shape index (κ3) is 3.52. The lowest BCUT2D eigenvalue weighted by Gasteiger charge is -2.07. The fourth-order valence-corrected chi connectivity index (χ4v) is 1.70. The molecule has 0 aromatic heterocycles. The van der Waals surface area contributed by atoms with Crippen LogP contribution in [0, 0.1) is 0 Å². The zero-order chi connectivity index (χ0) is 12.0. The van der Waals surface area contributed by atoms with E-state index in [1.807, 2.05) is 12.1 Å². The van der Waals surface area contributed by atoms with Gasteiger partial charge in [0.05, 0.1) is 12.2 Å². The number of halogens is 1. The smallest absolute Gasteiger partial charge is 0.340 e. The second kappa shape index (κ2) is 6.53. The Bertz CT molecular complexity index is 366. The molecule has 0 aliphatic rings. The van der Waals surface area contributed by atoms with Crippen molar-refractivity contribution in [2.24, 2.45) is 0 Å². The summed E-state index contributed by atoms with van der Waals surface area (Å²) in [5.41, 5.74) is 7.79. The molecule has 1 rings (SSSR count). The van der Waals surface area contributed by atoms with E-state index in [1.54, 1.807) is 13.0 Å². The van der Waals surface area contributed by atoms with E-state index in [9.17, 15) is 4.79 Å². The lowest BCUT2D eigenvalue weighted by Crippen LogP contribution is -2.08. The lowest BCUT2D eigenvalue weighted by atomic mass is 10.1. The number of carbonyl (C=O) groups is 1. The van der Waals surface area contributed by atoms with Crippen LogP contribution in [-0.4, -0.2) is 17.9 Å². The second-order valence-corrected chi connectivity index (χ2v) is 4.23. The van der Waals surface area contributed by atoms with Crippen LogP contribution in [0.1, 0.15) is 29.3 Å². The number of hydrogen-bond donors (Lipinski definition) is 1. The van der Waals surface area contributed by atoms with Gasteiger partial charge in [0.15, 0.2) is 0 Å². The number of rotatable bonds is 5. The van der Waals surface area contributed by atoms with E-state index in [2.05, 4.69) is 15.9 Å². The lowest BCUT2D eigenvalue weighted by molar-refractivity contribution is 0.0527. The average Bonchev–Trinajstić information content (AvgIpc) is 2.28. The van der Waals surface area contributed by atoms with Gasteiger partial charge in [-0.2, -0.15) is 0 Å². The third-order valence-electron chi connectivity index (χ3n) is 2.21. The Morgan fingerprint density at radius 2 is 2.25 bits per heavy atom. The van der Waals surface area contributed by atoms with Crippen molar-refractivity contribution in [3.8, 4) is 0 Å². The molecule has 0 bridgehead atoms. The maximum Gasteiger partial charge on any atom is 0.340 e. The highest BCUT2D eigenvalue weighted by Gasteiger charge is 2.11. The second-order valence-electron chi connectivity index (χ2n) is 3.43. The Morgan fingerprint density at radius 3 is 2.88 bits per heavy atom. The van der Waals surface area contributed by atoms with Crippen molar-refractivity contribution < 1.29 is 9.53 Å². The molecule has 0 aliphatic carbocycles. The van der Waals surface area contributed by atoms with E-state index >= 15 is 0 Å². The summed E-state index contributed by atoms with van der Waals surface area (Å²) in [4.78, 5) is 11.6. The summed E-state index contributed by atoms with van der Waals surface area (Å²) < 4.78 is 4.94. The first-order chi connectivity index (χ1) is 7.69. The summed E-state index contributed by atoms with van der Waals surface area (Å²) >= 11 is 3.38. The molecular weight excluding hydrogens is 270 g/mol. The van der Waals surface area contributed by atoms with Crippen LogP contribution >= 0.6 is 15.9 Å². The quantitative estimate of drug-likeness (QED) is 0.514. The number of carbonyl (C=O) groups excluding carboxylic acids is 1. The number of alkyl halides is 1. The minimum Gasteiger partial charge on any atom is -0.462 e. The summed E-state index contributed by atoms with van der Waals surface area (Å²) in [6, 6.07) is 5.52. The number of nitrogens with two attached hydrogens (primary N) is 1. The van der Waals surface area contributed by atoms with Crippen molar-refractivity contribution in [1.82, 2.24) is 0 Å². The molecule has 4 heteroatoms. The van der Waals surface area contributed by atoms with Gasteiger partial charge in [0.2, 0.25) is 0 Å². The molecule has 16 heavy (non-hydrogen) atoms. The fourth-order valence-electron chi connectivity index (χ4n) is 1.42. The molecule has 0 saturated heterocycles. The van der Waals surface area contributed by atoms with Crippen molar-refractivity contribution in [1.29, 1.82) is 0 Å². The molecule has 0 fully saturated rings. The molecule has 2 N–H and O–H groups in total. The Labute approximate surface area is 104 Å². The van der Waals surface area contributed by atoms with Crippen LogP contribution < -0.4 is 5.73 Å². The minimum atomic E-state index is -0.347. The first-order valence-electron chi connectivity index (χ1n) is 5.30. The van der Waals surface area contributed by atoms with E-state index in [0.717, 1.165) is 23.7 Å². The molecule has 1 aromatic rings. The number of nitrogen functional groups attached to an aromatic ring is 1. The van der Waals surface area contributed by atoms with Crippen LogP contribution in [0.25, 0.3) is 0 Å². The van der Waals surface area contributed by atoms with Crippen molar-refractivity contribution in [3.05, 3.63) is 29.3 Å². The largest absolute Gasteiger partial charge is 0.462 e. The highest BCUT2D eigenvalue weighted by Crippen LogP contribution is 2.16. The molecule has 0 spiro atoms. The monoisotopic (exact) mass is 285 g/mol. The van der Waals surface area contributed by atoms with Gasteiger partial charge in [-0.3, -0.25) is 0 Å². The molecule has 88 valence electrons. The van der Waals surface area contributed by atoms with E-state index in [-0.39, 0.29) is 5.97 Å². The number of aryl methyl sites for hydroxylation is 1. The van der Waals surface area contributed by atoms with E-state index in [1.165, 1.54) is 0 Å². The number of esters is 1. The summed E-state index contributed by atoms with van der Waals surface area (Å²) in [6.07, 6.45) is 1.96. The zero-order valence-corrected chi connectivity index (χ0v) is 10.9. The number of benzene rings is 1. The van der Waals surface area contributed by atoms with Gasteiger partial charge in [-0.1, -0.05) is 22.0 Å². The summed E-state index contributed by atoms with van der Waals surface area (Å²) in [5.74, 6) is -0.347. The van der Waals surface area contributed by atoms with Gasteiger partial charge >= 0.3 is 5.97 Å². The van der Waals surface area contributed by atoms with Crippen LogP contribution in [0.3, 0.4) is 0 Å². The van der Waals surface area contributed by atoms with Crippen LogP contribution in [0.15, 0.2) is 18.2 Å². The summed E-state index contributed by atoms with van der Waals surface area (Å²) in [7, 11) is 0. The molecule has 0 aliphatic heterocycles. The molecule has 1 aromatic carbocycles. The highest BCUT2D eigenvalue weighted by atomic mass is 79.9. The van der Waals surface area contributed by atoms with Crippen LogP contribution in [0.4, 0.5) is 5.69 Å². The number of anilines is 1. The highest BCUT2D eigenvalue weighted by molar-refractivity contribution is 9.09. The van der Waals surface area contributed by atoms with Crippen molar-refractivity contribution in [2.45, 2.75) is 19.8 Å². The topological polar surface area (TPSA) is 52.3 Å². The van der Waals surface area contributed by atoms with E-state index < -0.39 is 0 Å². The molecular formula is C12H16BrNO2. The number of ether oxygens (including phenoxy) is 1. The predicted molar refractivity (Wildman–Crippen MR) is 68.9 cm³/mol. The Hall–Kier alpha value is -1.03. The van der Waals surface area contributed by atoms with Gasteiger partial charge in [0.25, 0.3) is 0 Å². The Kier molecular flexibility index (Phi) is 5.32. The van der Waals surface area contributed by atoms with Gasteiger partial charge in [0, 0.05) is 11.0 Å². The van der Waals surface area contributed by atoms with Gasteiger partial charge in [0.1, 0.15) is 0 Å². The van der Waals surface area contributed by atoms with Crippen LogP contribution in [0.5, 0.6) is 0 Å². The van der Waals surface area contributed by atoms with E-state index in [0.29, 0.717) is 17.9 Å². The van der Waals surface area contributed by atoms with Crippen molar-refractivity contribution in [3.63, 3.8) is 0 Å². The van der Waals surface area contributed by atoms with Gasteiger partial charge in [-0.15, -0.1) is 0 Å². The Morgan fingerprint density at radius 1 is 1.50 bits per heavy atom. The Balaban J connectivity index is 2.85. The maximum absolute atomic E-state index is 11.6. The molecule has 0 heterocycles. The van der Waals surface area contributed by atoms with Gasteiger partial charge in [-0.25, -0.2) is 4.79 Å². The fraction of sp³-hybridized carbons (Fsp3) is 0.417.